The highest BCUT2D eigenvalue weighted by Gasteiger charge is 2.35. The van der Waals surface area contributed by atoms with Gasteiger partial charge in [0.2, 0.25) is 5.82 Å². The van der Waals surface area contributed by atoms with Gasteiger partial charge in [-0.2, -0.15) is 4.98 Å². The van der Waals surface area contributed by atoms with E-state index in [0.717, 1.165) is 17.0 Å². The molecule has 36 heavy (non-hydrogen) atoms. The highest BCUT2D eigenvalue weighted by atomic mass is 19.1. The van der Waals surface area contributed by atoms with Crippen molar-refractivity contribution in [3.05, 3.63) is 71.5 Å². The van der Waals surface area contributed by atoms with Gasteiger partial charge in [-0.3, -0.25) is 4.90 Å². The number of amides is 2. The maximum Gasteiger partial charge on any atom is 0.322 e. The minimum atomic E-state index is -0.502. The summed E-state index contributed by atoms with van der Waals surface area (Å²) in [4.78, 5) is 19.4. The van der Waals surface area contributed by atoms with Gasteiger partial charge in [0, 0.05) is 24.4 Å². The van der Waals surface area contributed by atoms with Gasteiger partial charge in [0.05, 0.1) is 24.3 Å². The lowest BCUT2D eigenvalue weighted by atomic mass is 9.94. The minimum absolute atomic E-state index is 0.125. The Kier molecular flexibility index (Phi) is 8.00. The third kappa shape index (κ3) is 5.73. The molecule has 0 aliphatic carbocycles. The van der Waals surface area contributed by atoms with Gasteiger partial charge in [-0.15, -0.1) is 0 Å². The van der Waals surface area contributed by atoms with Gasteiger partial charge in [0.1, 0.15) is 11.6 Å². The monoisotopic (exact) mass is 494 g/mol. The van der Waals surface area contributed by atoms with Crippen LogP contribution in [0.5, 0.6) is 5.75 Å². The fourth-order valence-corrected chi connectivity index (χ4v) is 4.09. The highest BCUT2D eigenvalue weighted by Crippen LogP contribution is 2.37. The number of carbonyl (C=O) groups excluding carboxylic acids is 1. The first kappa shape index (κ1) is 25.4. The molecule has 2 heterocycles. The number of carbonyl (C=O) groups is 1. The number of allylic oxidation sites excluding steroid dienone is 1. The normalized spacial score (nSPS) is 16.0. The molecule has 9 heteroatoms. The van der Waals surface area contributed by atoms with Crippen LogP contribution in [0.3, 0.4) is 0 Å². The summed E-state index contributed by atoms with van der Waals surface area (Å²) in [5.74, 6) is 1.02. The number of hydrogen-bond acceptors (Lipinski definition) is 6. The Balaban J connectivity index is 1.69. The van der Waals surface area contributed by atoms with E-state index in [0.29, 0.717) is 43.1 Å². The van der Waals surface area contributed by atoms with Gasteiger partial charge >= 0.3 is 6.03 Å². The maximum absolute atomic E-state index is 13.4. The molecule has 190 valence electrons. The lowest BCUT2D eigenvalue weighted by Crippen LogP contribution is -2.46. The molecule has 1 atom stereocenters. The van der Waals surface area contributed by atoms with Crippen LogP contribution < -0.4 is 10.1 Å². The second-order valence-electron chi connectivity index (χ2n) is 8.74. The van der Waals surface area contributed by atoms with Gasteiger partial charge in [0.25, 0.3) is 5.89 Å². The third-order valence-electron chi connectivity index (χ3n) is 5.86. The molecule has 1 aromatic heterocycles. The largest absolute Gasteiger partial charge is 0.494 e. The van der Waals surface area contributed by atoms with E-state index in [1.54, 1.807) is 17.0 Å². The molecule has 1 N–H and O–H groups in total. The number of hydrogen-bond donors (Lipinski definition) is 1. The number of urea groups is 1. The number of halogens is 1. The first-order valence-corrected chi connectivity index (χ1v) is 12.1. The molecule has 0 bridgehead atoms. The average molecular weight is 495 g/mol. The zero-order valence-electron chi connectivity index (χ0n) is 21.0. The first-order valence-electron chi connectivity index (χ1n) is 12.1. The number of nitrogens with zero attached hydrogens (tertiary/aromatic N) is 3. The van der Waals surface area contributed by atoms with Crippen LogP contribution in [-0.4, -0.2) is 46.9 Å². The van der Waals surface area contributed by atoms with E-state index in [1.165, 1.54) is 12.1 Å². The Hall–Kier alpha value is -3.72. The Morgan fingerprint density at radius 2 is 1.86 bits per heavy atom. The molecule has 3 aromatic rings. The Labute approximate surface area is 210 Å². The van der Waals surface area contributed by atoms with E-state index < -0.39 is 6.04 Å². The number of rotatable bonds is 10. The quantitative estimate of drug-likeness (QED) is 0.370. The summed E-state index contributed by atoms with van der Waals surface area (Å²) < 4.78 is 30.3. The number of nitrogens with one attached hydrogen (secondary N) is 1. The molecule has 0 saturated heterocycles. The molecule has 1 aliphatic heterocycles. The fourth-order valence-electron chi connectivity index (χ4n) is 4.09. The lowest BCUT2D eigenvalue weighted by Gasteiger charge is -2.35. The van der Waals surface area contributed by atoms with Crippen LogP contribution in [0.25, 0.3) is 17.0 Å². The summed E-state index contributed by atoms with van der Waals surface area (Å²) in [5, 5.41) is 7.21. The number of ether oxygens (including phenoxy) is 2. The van der Waals surface area contributed by atoms with Crippen molar-refractivity contribution < 1.29 is 23.2 Å². The molecule has 2 amide bonds. The van der Waals surface area contributed by atoms with E-state index in [-0.39, 0.29) is 23.8 Å². The SMILES string of the molecule is CCOc1ccc(C2NC(=O)N(CCCOC(C)C)C(C)=C2c2nc(-c3ccc(F)cc3)no2)cc1. The second kappa shape index (κ2) is 11.3. The molecule has 2 aromatic carbocycles. The van der Waals surface area contributed by atoms with E-state index >= 15 is 0 Å². The molecule has 0 spiro atoms. The van der Waals surface area contributed by atoms with E-state index in [2.05, 4.69) is 15.5 Å². The molecule has 0 radical (unpaired) electrons. The average Bonchev–Trinajstić information content (AvgIpc) is 3.34. The van der Waals surface area contributed by atoms with Gasteiger partial charge in [-0.1, -0.05) is 17.3 Å². The van der Waals surface area contributed by atoms with Crippen molar-refractivity contribution in [3.63, 3.8) is 0 Å². The topological polar surface area (TPSA) is 89.7 Å². The van der Waals surface area contributed by atoms with Crippen LogP contribution in [0.4, 0.5) is 9.18 Å². The lowest BCUT2D eigenvalue weighted by molar-refractivity contribution is 0.0736. The van der Waals surface area contributed by atoms with Crippen LogP contribution in [0, 0.1) is 5.82 Å². The van der Waals surface area contributed by atoms with Crippen LogP contribution in [0.15, 0.2) is 58.8 Å². The van der Waals surface area contributed by atoms with Crippen LogP contribution in [-0.2, 0) is 4.74 Å². The van der Waals surface area contributed by atoms with Crippen LogP contribution >= 0.6 is 0 Å². The molecular formula is C27H31FN4O4. The van der Waals surface area contributed by atoms with Crippen molar-refractivity contribution in [3.8, 4) is 17.1 Å². The summed E-state index contributed by atoms with van der Waals surface area (Å²) in [7, 11) is 0. The van der Waals surface area contributed by atoms with E-state index in [4.69, 9.17) is 14.0 Å². The summed E-state index contributed by atoms with van der Waals surface area (Å²) in [6.45, 7) is 9.34. The highest BCUT2D eigenvalue weighted by molar-refractivity contribution is 5.86. The zero-order chi connectivity index (χ0) is 25.7. The molecule has 1 unspecified atom stereocenters. The molecule has 0 saturated carbocycles. The predicted octanol–water partition coefficient (Wildman–Crippen LogP) is 5.59. The van der Waals surface area contributed by atoms with Gasteiger partial charge in [0.15, 0.2) is 0 Å². The maximum atomic E-state index is 13.4. The van der Waals surface area contributed by atoms with E-state index in [1.807, 2.05) is 52.0 Å². The first-order chi connectivity index (χ1) is 17.4. The Morgan fingerprint density at radius 1 is 1.14 bits per heavy atom. The Morgan fingerprint density at radius 3 is 2.53 bits per heavy atom. The van der Waals surface area contributed by atoms with Crippen molar-refractivity contribution in [2.75, 3.05) is 19.8 Å². The van der Waals surface area contributed by atoms with Crippen molar-refractivity contribution in [2.45, 2.75) is 46.3 Å². The van der Waals surface area contributed by atoms with Gasteiger partial charge in [-0.25, -0.2) is 9.18 Å². The van der Waals surface area contributed by atoms with Crippen molar-refractivity contribution >= 4 is 11.6 Å². The zero-order valence-corrected chi connectivity index (χ0v) is 21.0. The molecular weight excluding hydrogens is 463 g/mol. The smallest absolute Gasteiger partial charge is 0.322 e. The molecule has 0 fully saturated rings. The minimum Gasteiger partial charge on any atom is -0.494 e. The molecule has 4 rings (SSSR count). The van der Waals surface area contributed by atoms with Crippen molar-refractivity contribution in [1.29, 1.82) is 0 Å². The Bertz CT molecular complexity index is 1210. The summed E-state index contributed by atoms with van der Waals surface area (Å²) >= 11 is 0. The van der Waals surface area contributed by atoms with Crippen LogP contribution in [0.1, 0.15) is 51.6 Å². The van der Waals surface area contributed by atoms with Gasteiger partial charge < -0.3 is 19.3 Å². The van der Waals surface area contributed by atoms with Gasteiger partial charge in [-0.05, 0) is 76.1 Å². The summed E-state index contributed by atoms with van der Waals surface area (Å²) in [6, 6.07) is 12.7. The predicted molar refractivity (Wildman–Crippen MR) is 134 cm³/mol. The standard InChI is InChI=1S/C27H31FN4O4/c1-5-34-22-13-9-19(10-14-22)24-23(18(4)32(27(33)29-24)15-6-16-35-17(2)3)26-30-25(31-36-26)20-7-11-21(28)12-8-20/h7-14,17,24H,5-6,15-16H2,1-4H3,(H,29,33). The molecule has 1 aliphatic rings. The molecule has 8 nitrogen and oxygen atoms in total. The number of aromatic nitrogens is 2. The van der Waals surface area contributed by atoms with E-state index in [9.17, 15) is 9.18 Å². The summed E-state index contributed by atoms with van der Waals surface area (Å²) in [5.41, 5.74) is 2.90. The fraction of sp³-hybridized carbons (Fsp3) is 0.370. The van der Waals surface area contributed by atoms with Crippen molar-refractivity contribution in [2.24, 2.45) is 0 Å². The number of benzene rings is 2. The third-order valence-corrected chi connectivity index (χ3v) is 5.86. The second-order valence-corrected chi connectivity index (χ2v) is 8.74. The van der Waals surface area contributed by atoms with Crippen LogP contribution in [0.2, 0.25) is 0 Å². The van der Waals surface area contributed by atoms with Crippen molar-refractivity contribution in [1.82, 2.24) is 20.4 Å². The summed E-state index contributed by atoms with van der Waals surface area (Å²) in [6.07, 6.45) is 0.800.